The summed E-state index contributed by atoms with van der Waals surface area (Å²) in [6.07, 6.45) is 4.23. The Morgan fingerprint density at radius 2 is 1.97 bits per heavy atom. The van der Waals surface area contributed by atoms with Gasteiger partial charge in [0.25, 0.3) is 0 Å². The molecule has 8 nitrogen and oxygen atoms in total. The Kier molecular flexibility index (Phi) is 7.62. The zero-order valence-corrected chi connectivity index (χ0v) is 19.0. The van der Waals surface area contributed by atoms with Crippen molar-refractivity contribution in [2.24, 2.45) is 5.92 Å². The topological polar surface area (TPSA) is 87.2 Å². The highest BCUT2D eigenvalue weighted by Crippen LogP contribution is 2.37. The molecular weight excluding hydrogens is 400 g/mol. The summed E-state index contributed by atoms with van der Waals surface area (Å²) < 4.78 is 22.2. The van der Waals surface area contributed by atoms with Crippen molar-refractivity contribution >= 4 is 12.1 Å². The van der Waals surface area contributed by atoms with E-state index in [0.29, 0.717) is 56.9 Å². The standard InChI is InChI=1S/C23H34N2O6/c1-5-28-21(26)12-17-8-11-29-19-14-24-20(13-18(17)19)30-15-16-6-9-25(10-7-16)22(27)31-23(2,3)4/h13-14,16-17H,5-12,15H2,1-4H3. The smallest absolute Gasteiger partial charge is 0.410 e. The molecule has 1 aromatic rings. The first-order chi connectivity index (χ1) is 14.7. The summed E-state index contributed by atoms with van der Waals surface area (Å²) in [7, 11) is 0. The number of aromatic nitrogens is 1. The van der Waals surface area contributed by atoms with Crippen LogP contribution in [0.1, 0.15) is 64.9 Å². The number of esters is 1. The minimum Gasteiger partial charge on any atom is -0.492 e. The number of hydrogen-bond donors (Lipinski definition) is 0. The van der Waals surface area contributed by atoms with E-state index >= 15 is 0 Å². The Labute approximate surface area is 184 Å². The summed E-state index contributed by atoms with van der Waals surface area (Å²) in [5, 5.41) is 0. The molecule has 0 aromatic carbocycles. The molecule has 3 rings (SSSR count). The van der Waals surface area contributed by atoms with Gasteiger partial charge in [0.05, 0.1) is 32.4 Å². The van der Waals surface area contributed by atoms with Crippen LogP contribution in [-0.4, -0.2) is 60.5 Å². The van der Waals surface area contributed by atoms with Crippen molar-refractivity contribution in [2.45, 2.75) is 64.9 Å². The SMILES string of the molecule is CCOC(=O)CC1CCOc2cnc(OCC3CCN(C(=O)OC(C)(C)C)CC3)cc21. The van der Waals surface area contributed by atoms with Crippen molar-refractivity contribution in [2.75, 3.05) is 32.9 Å². The highest BCUT2D eigenvalue weighted by molar-refractivity contribution is 5.71. The zero-order chi connectivity index (χ0) is 22.4. The summed E-state index contributed by atoms with van der Waals surface area (Å²) in [5.41, 5.74) is 0.466. The summed E-state index contributed by atoms with van der Waals surface area (Å²) in [6, 6.07) is 1.88. The van der Waals surface area contributed by atoms with Gasteiger partial charge in [-0.05, 0) is 52.9 Å². The van der Waals surface area contributed by atoms with E-state index in [1.165, 1.54) is 0 Å². The quantitative estimate of drug-likeness (QED) is 0.627. The number of piperidine rings is 1. The first-order valence-electron chi connectivity index (χ1n) is 11.1. The molecule has 0 saturated carbocycles. The Hall–Kier alpha value is -2.51. The van der Waals surface area contributed by atoms with E-state index in [0.717, 1.165) is 24.8 Å². The highest BCUT2D eigenvalue weighted by atomic mass is 16.6. The fourth-order valence-electron chi connectivity index (χ4n) is 3.87. The summed E-state index contributed by atoms with van der Waals surface area (Å²) in [6.45, 7) is 10.2. The molecule has 1 amide bonds. The van der Waals surface area contributed by atoms with Crippen LogP contribution in [-0.2, 0) is 14.3 Å². The predicted molar refractivity (Wildman–Crippen MR) is 114 cm³/mol. The fraction of sp³-hybridized carbons (Fsp3) is 0.696. The molecule has 172 valence electrons. The zero-order valence-electron chi connectivity index (χ0n) is 19.0. The van der Waals surface area contributed by atoms with E-state index in [-0.39, 0.29) is 18.0 Å². The molecule has 3 heterocycles. The van der Waals surface area contributed by atoms with Crippen molar-refractivity contribution in [3.63, 3.8) is 0 Å². The van der Waals surface area contributed by atoms with E-state index in [2.05, 4.69) is 4.98 Å². The molecule has 2 aliphatic rings. The maximum absolute atomic E-state index is 12.2. The molecule has 0 N–H and O–H groups in total. The van der Waals surface area contributed by atoms with Gasteiger partial charge in [0.15, 0.2) is 0 Å². The van der Waals surface area contributed by atoms with E-state index in [9.17, 15) is 9.59 Å². The van der Waals surface area contributed by atoms with Crippen molar-refractivity contribution in [1.82, 2.24) is 9.88 Å². The second-order valence-electron chi connectivity index (χ2n) is 9.13. The van der Waals surface area contributed by atoms with Crippen molar-refractivity contribution in [3.05, 3.63) is 17.8 Å². The van der Waals surface area contributed by atoms with Crippen LogP contribution in [0.3, 0.4) is 0 Å². The van der Waals surface area contributed by atoms with E-state index < -0.39 is 5.60 Å². The number of carbonyl (C=O) groups excluding carboxylic acids is 2. The first-order valence-corrected chi connectivity index (χ1v) is 11.1. The number of hydrogen-bond acceptors (Lipinski definition) is 7. The van der Waals surface area contributed by atoms with Gasteiger partial charge in [-0.15, -0.1) is 0 Å². The van der Waals surface area contributed by atoms with Crippen LogP contribution < -0.4 is 9.47 Å². The molecule has 1 fully saturated rings. The largest absolute Gasteiger partial charge is 0.492 e. The average molecular weight is 435 g/mol. The highest BCUT2D eigenvalue weighted by Gasteiger charge is 2.28. The van der Waals surface area contributed by atoms with Gasteiger partial charge in [-0.25, -0.2) is 9.78 Å². The fourth-order valence-corrected chi connectivity index (χ4v) is 3.87. The second kappa shape index (κ2) is 10.2. The third kappa shape index (κ3) is 6.74. The number of nitrogens with zero attached hydrogens (tertiary/aromatic N) is 2. The molecule has 0 spiro atoms. The molecule has 1 saturated heterocycles. The first kappa shape index (κ1) is 23.2. The Morgan fingerprint density at radius 3 is 2.65 bits per heavy atom. The molecule has 2 aliphatic heterocycles. The number of rotatable bonds is 6. The summed E-state index contributed by atoms with van der Waals surface area (Å²) in [5.74, 6) is 1.44. The van der Waals surface area contributed by atoms with Crippen LogP contribution in [0.4, 0.5) is 4.79 Å². The lowest BCUT2D eigenvalue weighted by Crippen LogP contribution is -2.42. The van der Waals surface area contributed by atoms with E-state index in [1.807, 2.05) is 33.8 Å². The van der Waals surface area contributed by atoms with Crippen LogP contribution in [0, 0.1) is 5.92 Å². The molecule has 0 radical (unpaired) electrons. The minimum atomic E-state index is -0.482. The van der Waals surface area contributed by atoms with Gasteiger partial charge in [0.1, 0.15) is 11.4 Å². The van der Waals surface area contributed by atoms with Crippen molar-refractivity contribution in [3.8, 4) is 11.6 Å². The van der Waals surface area contributed by atoms with Gasteiger partial charge in [0, 0.05) is 30.6 Å². The molecule has 31 heavy (non-hydrogen) atoms. The molecule has 1 atom stereocenters. The number of fused-ring (bicyclic) bond motifs is 1. The van der Waals surface area contributed by atoms with Gasteiger partial charge in [0.2, 0.25) is 5.88 Å². The predicted octanol–water partition coefficient (Wildman–Crippen LogP) is 3.93. The number of likely N-dealkylation sites (tertiary alicyclic amines) is 1. The van der Waals surface area contributed by atoms with Gasteiger partial charge >= 0.3 is 12.1 Å². The molecule has 0 aliphatic carbocycles. The monoisotopic (exact) mass is 434 g/mol. The number of carbonyl (C=O) groups is 2. The Morgan fingerprint density at radius 1 is 1.23 bits per heavy atom. The lowest BCUT2D eigenvalue weighted by atomic mass is 9.91. The van der Waals surface area contributed by atoms with Gasteiger partial charge < -0.3 is 23.8 Å². The van der Waals surface area contributed by atoms with Gasteiger partial charge in [-0.3, -0.25) is 4.79 Å². The second-order valence-corrected chi connectivity index (χ2v) is 9.13. The third-order valence-corrected chi connectivity index (χ3v) is 5.49. The average Bonchev–Trinajstić information content (AvgIpc) is 2.72. The Balaban J connectivity index is 1.51. The van der Waals surface area contributed by atoms with Crippen LogP contribution in [0.5, 0.6) is 11.6 Å². The van der Waals surface area contributed by atoms with Crippen LogP contribution in [0.15, 0.2) is 12.3 Å². The van der Waals surface area contributed by atoms with Crippen molar-refractivity contribution < 1.29 is 28.5 Å². The third-order valence-electron chi connectivity index (χ3n) is 5.49. The lowest BCUT2D eigenvalue weighted by molar-refractivity contribution is -0.143. The minimum absolute atomic E-state index is 0.0465. The van der Waals surface area contributed by atoms with Crippen molar-refractivity contribution in [1.29, 1.82) is 0 Å². The normalized spacial score (nSPS) is 19.2. The van der Waals surface area contributed by atoms with Crippen LogP contribution in [0.2, 0.25) is 0 Å². The lowest BCUT2D eigenvalue weighted by Gasteiger charge is -2.33. The summed E-state index contributed by atoms with van der Waals surface area (Å²) in [4.78, 5) is 30.3. The van der Waals surface area contributed by atoms with Gasteiger partial charge in [-0.2, -0.15) is 0 Å². The van der Waals surface area contributed by atoms with E-state index in [4.69, 9.17) is 18.9 Å². The van der Waals surface area contributed by atoms with E-state index in [1.54, 1.807) is 11.1 Å². The molecule has 1 aromatic heterocycles. The molecule has 1 unspecified atom stereocenters. The molecule has 8 heteroatoms. The number of pyridine rings is 1. The molecular formula is C23H34N2O6. The van der Waals surface area contributed by atoms with Crippen LogP contribution >= 0.6 is 0 Å². The number of ether oxygens (including phenoxy) is 4. The molecule has 0 bridgehead atoms. The maximum Gasteiger partial charge on any atom is 0.410 e. The maximum atomic E-state index is 12.2. The number of amides is 1. The van der Waals surface area contributed by atoms with Crippen LogP contribution in [0.25, 0.3) is 0 Å². The Bertz CT molecular complexity index is 768. The van der Waals surface area contributed by atoms with Gasteiger partial charge in [-0.1, -0.05) is 0 Å². The summed E-state index contributed by atoms with van der Waals surface area (Å²) >= 11 is 0.